The van der Waals surface area contributed by atoms with E-state index in [1.165, 1.54) is 11.3 Å². The summed E-state index contributed by atoms with van der Waals surface area (Å²) < 4.78 is 0. The van der Waals surface area contributed by atoms with Crippen LogP contribution in [0.1, 0.15) is 29.3 Å². The van der Waals surface area contributed by atoms with E-state index in [-0.39, 0.29) is 17.9 Å². The van der Waals surface area contributed by atoms with Crippen LogP contribution in [0.3, 0.4) is 0 Å². The van der Waals surface area contributed by atoms with Gasteiger partial charge in [-0.3, -0.25) is 4.79 Å². The van der Waals surface area contributed by atoms with E-state index in [2.05, 4.69) is 21.7 Å². The van der Waals surface area contributed by atoms with Gasteiger partial charge in [-0.25, -0.2) is 4.98 Å². The average Bonchev–Trinajstić information content (AvgIpc) is 3.17. The summed E-state index contributed by atoms with van der Waals surface area (Å²) in [5.74, 6) is 0.0301. The Bertz CT molecular complexity index is 749. The number of nitriles is 1. The third-order valence-corrected chi connectivity index (χ3v) is 5.06. The molecule has 0 spiro atoms. The van der Waals surface area contributed by atoms with E-state index >= 15 is 0 Å². The molecule has 2 heterocycles. The van der Waals surface area contributed by atoms with Crippen LogP contribution < -0.4 is 10.6 Å². The maximum Gasteiger partial charge on any atom is 0.230 e. The summed E-state index contributed by atoms with van der Waals surface area (Å²) in [5, 5.41) is 16.0. The summed E-state index contributed by atoms with van der Waals surface area (Å²) >= 11 is 1.46. The molecule has 3 rings (SSSR count). The van der Waals surface area contributed by atoms with Crippen molar-refractivity contribution in [3.63, 3.8) is 0 Å². The molecular formula is C17H18N4OS. The van der Waals surface area contributed by atoms with Crippen molar-refractivity contribution in [1.29, 1.82) is 5.26 Å². The van der Waals surface area contributed by atoms with Crippen molar-refractivity contribution in [3.8, 4) is 6.07 Å². The van der Waals surface area contributed by atoms with Gasteiger partial charge in [-0.2, -0.15) is 5.26 Å². The number of carbonyl (C=O) groups is 1. The number of thiazole rings is 1. The average molecular weight is 326 g/mol. The first kappa shape index (κ1) is 15.7. The van der Waals surface area contributed by atoms with E-state index in [0.29, 0.717) is 17.1 Å². The maximum atomic E-state index is 12.3. The van der Waals surface area contributed by atoms with Gasteiger partial charge in [0.05, 0.1) is 17.6 Å². The molecule has 5 nitrogen and oxygen atoms in total. The molecule has 0 aliphatic carbocycles. The van der Waals surface area contributed by atoms with Gasteiger partial charge in [0.1, 0.15) is 0 Å². The lowest BCUT2D eigenvalue weighted by molar-refractivity contribution is -0.119. The normalized spacial score (nSPS) is 20.2. The van der Waals surface area contributed by atoms with Crippen molar-refractivity contribution in [2.45, 2.75) is 25.8 Å². The highest BCUT2D eigenvalue weighted by Gasteiger charge is 2.29. The van der Waals surface area contributed by atoms with Crippen molar-refractivity contribution < 1.29 is 4.79 Å². The van der Waals surface area contributed by atoms with Gasteiger partial charge in [-0.15, -0.1) is 11.3 Å². The van der Waals surface area contributed by atoms with Crippen LogP contribution in [0.4, 0.5) is 5.13 Å². The Balaban J connectivity index is 1.66. The van der Waals surface area contributed by atoms with Gasteiger partial charge in [0.15, 0.2) is 5.13 Å². The minimum Gasteiger partial charge on any atom is -0.313 e. The number of nitrogens with zero attached hydrogens (tertiary/aromatic N) is 2. The van der Waals surface area contributed by atoms with E-state index in [4.69, 9.17) is 5.26 Å². The fourth-order valence-corrected chi connectivity index (χ4v) is 3.67. The first-order chi connectivity index (χ1) is 11.2. The number of hydrogen-bond acceptors (Lipinski definition) is 5. The van der Waals surface area contributed by atoms with Gasteiger partial charge in [0, 0.05) is 23.5 Å². The van der Waals surface area contributed by atoms with Gasteiger partial charge in [0.2, 0.25) is 5.91 Å². The monoisotopic (exact) mass is 326 g/mol. The fourth-order valence-electron chi connectivity index (χ4n) is 2.83. The van der Waals surface area contributed by atoms with E-state index < -0.39 is 0 Å². The van der Waals surface area contributed by atoms with Gasteiger partial charge in [-0.05, 0) is 31.5 Å². The lowest BCUT2D eigenvalue weighted by Crippen LogP contribution is -2.31. The summed E-state index contributed by atoms with van der Waals surface area (Å²) in [4.78, 5) is 17.6. The van der Waals surface area contributed by atoms with Crippen molar-refractivity contribution in [1.82, 2.24) is 10.3 Å². The number of rotatable bonds is 4. The van der Waals surface area contributed by atoms with Crippen LogP contribution in [0.5, 0.6) is 0 Å². The molecule has 1 fully saturated rings. The zero-order valence-electron chi connectivity index (χ0n) is 12.9. The highest BCUT2D eigenvalue weighted by Crippen LogP contribution is 2.24. The van der Waals surface area contributed by atoms with Crippen molar-refractivity contribution in [2.75, 3.05) is 11.9 Å². The second-order valence-electron chi connectivity index (χ2n) is 5.70. The molecule has 2 unspecified atom stereocenters. The Labute approximate surface area is 139 Å². The molecule has 118 valence electrons. The second kappa shape index (κ2) is 6.90. The summed E-state index contributed by atoms with van der Waals surface area (Å²) in [6.45, 7) is 2.91. The molecule has 2 aromatic rings. The molecule has 2 N–H and O–H groups in total. The van der Waals surface area contributed by atoms with Crippen LogP contribution in [-0.4, -0.2) is 23.5 Å². The number of amides is 1. The largest absolute Gasteiger partial charge is 0.313 e. The van der Waals surface area contributed by atoms with Crippen LogP contribution in [0.25, 0.3) is 0 Å². The van der Waals surface area contributed by atoms with E-state index in [0.717, 1.165) is 23.4 Å². The number of hydrogen-bond donors (Lipinski definition) is 2. The van der Waals surface area contributed by atoms with Gasteiger partial charge in [-0.1, -0.05) is 18.2 Å². The van der Waals surface area contributed by atoms with Gasteiger partial charge >= 0.3 is 0 Å². The Hall–Kier alpha value is -2.23. The molecule has 1 amide bonds. The molecule has 23 heavy (non-hydrogen) atoms. The number of aromatic nitrogens is 1. The minimum absolute atomic E-state index is 0.00154. The Kier molecular flexibility index (Phi) is 4.70. The fraction of sp³-hybridized carbons (Fsp3) is 0.353. The molecular weight excluding hydrogens is 308 g/mol. The molecule has 1 saturated heterocycles. The van der Waals surface area contributed by atoms with Gasteiger partial charge < -0.3 is 10.6 Å². The first-order valence-corrected chi connectivity index (χ1v) is 8.46. The highest BCUT2D eigenvalue weighted by molar-refractivity contribution is 7.15. The Morgan fingerprint density at radius 2 is 2.35 bits per heavy atom. The minimum atomic E-state index is 0.00154. The molecule has 0 radical (unpaired) electrons. The van der Waals surface area contributed by atoms with Crippen molar-refractivity contribution in [3.05, 3.63) is 46.5 Å². The zero-order valence-corrected chi connectivity index (χ0v) is 13.7. The quantitative estimate of drug-likeness (QED) is 0.905. The number of anilines is 1. The maximum absolute atomic E-state index is 12.3. The SMILES string of the molecule is CC1NCCC1C(=O)Nc1ncc(Cc2ccccc2C#N)s1. The molecule has 2 atom stereocenters. The lowest BCUT2D eigenvalue weighted by atomic mass is 10.0. The number of carbonyl (C=O) groups excluding carboxylic acids is 1. The third kappa shape index (κ3) is 3.58. The highest BCUT2D eigenvalue weighted by atomic mass is 32.1. The van der Waals surface area contributed by atoms with Crippen molar-refractivity contribution >= 4 is 22.4 Å². The van der Waals surface area contributed by atoms with Crippen LogP contribution >= 0.6 is 11.3 Å². The van der Waals surface area contributed by atoms with Crippen LogP contribution in [0.15, 0.2) is 30.5 Å². The Morgan fingerprint density at radius 3 is 3.09 bits per heavy atom. The van der Waals surface area contributed by atoms with Crippen LogP contribution in [0.2, 0.25) is 0 Å². The summed E-state index contributed by atoms with van der Waals surface area (Å²) in [5.41, 5.74) is 1.66. The summed E-state index contributed by atoms with van der Waals surface area (Å²) in [7, 11) is 0. The molecule has 0 bridgehead atoms. The number of benzene rings is 1. The molecule has 6 heteroatoms. The van der Waals surface area contributed by atoms with Crippen LogP contribution in [0, 0.1) is 17.2 Å². The third-order valence-electron chi connectivity index (χ3n) is 4.15. The molecule has 1 aliphatic rings. The van der Waals surface area contributed by atoms with Gasteiger partial charge in [0.25, 0.3) is 0 Å². The molecule has 0 saturated carbocycles. The van der Waals surface area contributed by atoms with Crippen molar-refractivity contribution in [2.24, 2.45) is 5.92 Å². The van der Waals surface area contributed by atoms with E-state index in [1.54, 1.807) is 6.20 Å². The second-order valence-corrected chi connectivity index (χ2v) is 6.82. The standard InChI is InChI=1S/C17H18N4OS/c1-11-15(6-7-19-11)16(22)21-17-20-10-14(23-17)8-12-4-2-3-5-13(12)9-18/h2-5,10-11,15,19H,6-8H2,1H3,(H,20,21,22). The molecule has 1 aromatic carbocycles. The first-order valence-electron chi connectivity index (χ1n) is 7.64. The zero-order chi connectivity index (χ0) is 16.2. The topological polar surface area (TPSA) is 77.8 Å². The Morgan fingerprint density at radius 1 is 1.52 bits per heavy atom. The molecule has 1 aromatic heterocycles. The lowest BCUT2D eigenvalue weighted by Gasteiger charge is -2.13. The van der Waals surface area contributed by atoms with Crippen LogP contribution in [-0.2, 0) is 11.2 Å². The predicted molar refractivity (Wildman–Crippen MR) is 90.3 cm³/mol. The summed E-state index contributed by atoms with van der Waals surface area (Å²) in [6.07, 6.45) is 3.28. The smallest absolute Gasteiger partial charge is 0.230 e. The predicted octanol–water partition coefficient (Wildman–Crippen LogP) is 2.54. The van der Waals surface area contributed by atoms with E-state index in [9.17, 15) is 4.79 Å². The number of nitrogens with one attached hydrogen (secondary N) is 2. The summed E-state index contributed by atoms with van der Waals surface area (Å²) in [6, 6.07) is 9.95. The molecule has 1 aliphatic heterocycles. The van der Waals surface area contributed by atoms with E-state index in [1.807, 2.05) is 31.2 Å².